The normalized spacial score (nSPS) is 10.4. The highest BCUT2D eigenvalue weighted by atomic mass is 35.5. The first-order valence-corrected chi connectivity index (χ1v) is 7.26. The van der Waals surface area contributed by atoms with Gasteiger partial charge in [0.2, 0.25) is 5.91 Å². The van der Waals surface area contributed by atoms with Crippen LogP contribution < -0.4 is 4.90 Å². The maximum Gasteiger partial charge on any atom is 0.340 e. The molecule has 1 N–H and O–H groups in total. The van der Waals surface area contributed by atoms with Gasteiger partial charge in [-0.1, -0.05) is 29.8 Å². The molecule has 0 fully saturated rings. The summed E-state index contributed by atoms with van der Waals surface area (Å²) < 4.78 is 4.01. The van der Waals surface area contributed by atoms with E-state index in [1.165, 1.54) is 4.90 Å². The summed E-state index contributed by atoms with van der Waals surface area (Å²) in [6.45, 7) is 1.61. The van der Waals surface area contributed by atoms with Crippen molar-refractivity contribution >= 4 is 40.0 Å². The first-order chi connectivity index (χ1) is 9.91. The van der Waals surface area contributed by atoms with E-state index in [2.05, 4.69) is 4.37 Å². The zero-order valence-corrected chi connectivity index (χ0v) is 13.0. The first-order valence-electron chi connectivity index (χ1n) is 6.11. The molecular formula is C14H13ClN2O3S. The number of hydrogen-bond donors (Lipinski definition) is 1. The Balaban J connectivity index is 2.24. The van der Waals surface area contributed by atoms with E-state index in [-0.39, 0.29) is 17.9 Å². The van der Waals surface area contributed by atoms with Crippen LogP contribution in [0.3, 0.4) is 0 Å². The van der Waals surface area contributed by atoms with Gasteiger partial charge in [0.25, 0.3) is 0 Å². The lowest BCUT2D eigenvalue weighted by molar-refractivity contribution is -0.117. The van der Waals surface area contributed by atoms with Crippen LogP contribution in [-0.2, 0) is 11.2 Å². The molecule has 1 heterocycles. The van der Waals surface area contributed by atoms with Gasteiger partial charge in [0.1, 0.15) is 10.6 Å². The summed E-state index contributed by atoms with van der Waals surface area (Å²) in [6.07, 6.45) is 0.103. The van der Waals surface area contributed by atoms with Gasteiger partial charge >= 0.3 is 5.97 Å². The molecule has 2 aromatic rings. The van der Waals surface area contributed by atoms with Gasteiger partial charge in [0.05, 0.1) is 12.1 Å². The van der Waals surface area contributed by atoms with Gasteiger partial charge in [-0.05, 0) is 30.1 Å². The molecule has 0 unspecified atom stereocenters. The maximum atomic E-state index is 12.3. The zero-order chi connectivity index (χ0) is 15.6. The molecule has 0 aliphatic rings. The van der Waals surface area contributed by atoms with Crippen LogP contribution in [-0.4, -0.2) is 28.4 Å². The van der Waals surface area contributed by atoms with Crippen molar-refractivity contribution in [1.29, 1.82) is 0 Å². The van der Waals surface area contributed by atoms with Crippen LogP contribution >= 0.6 is 23.1 Å². The van der Waals surface area contributed by atoms with Gasteiger partial charge in [0, 0.05) is 12.1 Å². The quantitative estimate of drug-likeness (QED) is 0.938. The summed E-state index contributed by atoms with van der Waals surface area (Å²) in [5.41, 5.74) is 1.17. The molecular weight excluding hydrogens is 312 g/mol. The van der Waals surface area contributed by atoms with Crippen LogP contribution in [0.1, 0.15) is 21.6 Å². The number of rotatable bonds is 4. The smallest absolute Gasteiger partial charge is 0.340 e. The Morgan fingerprint density at radius 2 is 2.05 bits per heavy atom. The fourth-order valence-electron chi connectivity index (χ4n) is 1.87. The maximum absolute atomic E-state index is 12.3. The third-order valence-corrected chi connectivity index (χ3v) is 4.42. The van der Waals surface area contributed by atoms with Crippen molar-refractivity contribution in [2.45, 2.75) is 13.3 Å². The van der Waals surface area contributed by atoms with Gasteiger partial charge in [-0.25, -0.2) is 4.79 Å². The Morgan fingerprint density at radius 1 is 1.38 bits per heavy atom. The highest BCUT2D eigenvalue weighted by Crippen LogP contribution is 2.28. The summed E-state index contributed by atoms with van der Waals surface area (Å²) in [5.74, 6) is -1.33. The minimum absolute atomic E-state index is 0.0648. The standard InChI is InChI=1S/C14H13ClN2O3S/c1-8-12(14(19)20)13(21-16-8)17(2)11(18)7-9-5-3-4-6-10(9)15/h3-6H,7H2,1-2H3,(H,19,20). The fraction of sp³-hybridized carbons (Fsp3) is 0.214. The summed E-state index contributed by atoms with van der Waals surface area (Å²) in [6, 6.07) is 7.07. The van der Waals surface area contributed by atoms with Crippen LogP contribution in [0.25, 0.3) is 0 Å². The third-order valence-electron chi connectivity index (χ3n) is 3.04. The van der Waals surface area contributed by atoms with Crippen molar-refractivity contribution in [3.63, 3.8) is 0 Å². The number of anilines is 1. The van der Waals surface area contributed by atoms with Crippen molar-refractivity contribution < 1.29 is 14.7 Å². The van der Waals surface area contributed by atoms with E-state index < -0.39 is 5.97 Å². The molecule has 5 nitrogen and oxygen atoms in total. The third kappa shape index (κ3) is 3.22. The number of amides is 1. The number of aryl methyl sites for hydroxylation is 1. The van der Waals surface area contributed by atoms with Gasteiger partial charge in [-0.3, -0.25) is 4.79 Å². The number of carbonyl (C=O) groups is 2. The number of carboxylic acid groups (broad SMARTS) is 1. The van der Waals surface area contributed by atoms with E-state index in [0.717, 1.165) is 11.5 Å². The Morgan fingerprint density at radius 3 is 2.67 bits per heavy atom. The summed E-state index contributed by atoms with van der Waals surface area (Å²) in [5, 5.41) is 10.1. The largest absolute Gasteiger partial charge is 0.478 e. The molecule has 0 atom stereocenters. The van der Waals surface area contributed by atoms with Gasteiger partial charge in [-0.2, -0.15) is 4.37 Å². The molecule has 2 rings (SSSR count). The van der Waals surface area contributed by atoms with Crippen molar-refractivity contribution in [1.82, 2.24) is 4.37 Å². The number of likely N-dealkylation sites (N-methyl/N-ethyl adjacent to an activating group) is 1. The molecule has 0 saturated carbocycles. The molecule has 110 valence electrons. The van der Waals surface area contributed by atoms with Crippen molar-refractivity contribution in [3.05, 3.63) is 46.1 Å². The Labute approximate surface area is 130 Å². The number of aromatic nitrogens is 1. The lowest BCUT2D eigenvalue weighted by Crippen LogP contribution is -2.28. The van der Waals surface area contributed by atoms with Crippen molar-refractivity contribution in [2.24, 2.45) is 0 Å². The van der Waals surface area contributed by atoms with E-state index in [9.17, 15) is 14.7 Å². The predicted octanol–water partition coefficient (Wildman–Crippen LogP) is 3.01. The number of carboxylic acids is 1. The minimum atomic E-state index is -1.09. The molecule has 0 bridgehead atoms. The molecule has 0 radical (unpaired) electrons. The van der Waals surface area contributed by atoms with Crippen LogP contribution in [0.15, 0.2) is 24.3 Å². The van der Waals surface area contributed by atoms with Crippen LogP contribution in [0.4, 0.5) is 5.00 Å². The predicted molar refractivity (Wildman–Crippen MR) is 82.4 cm³/mol. The second-order valence-corrected chi connectivity index (χ2v) is 5.63. The summed E-state index contributed by atoms with van der Waals surface area (Å²) in [7, 11) is 1.54. The lowest BCUT2D eigenvalue weighted by atomic mass is 10.1. The second-order valence-electron chi connectivity index (χ2n) is 4.47. The van der Waals surface area contributed by atoms with E-state index in [0.29, 0.717) is 21.3 Å². The number of carbonyl (C=O) groups excluding carboxylic acids is 1. The zero-order valence-electron chi connectivity index (χ0n) is 11.5. The van der Waals surface area contributed by atoms with E-state index in [1.54, 1.807) is 38.2 Å². The molecule has 7 heteroatoms. The molecule has 1 amide bonds. The number of halogens is 1. The van der Waals surface area contributed by atoms with Crippen molar-refractivity contribution in [3.8, 4) is 0 Å². The highest BCUT2D eigenvalue weighted by Gasteiger charge is 2.24. The number of hydrogen-bond acceptors (Lipinski definition) is 4. The summed E-state index contributed by atoms with van der Waals surface area (Å²) in [4.78, 5) is 24.9. The number of aromatic carboxylic acids is 1. The van der Waals surface area contributed by atoms with Crippen LogP contribution in [0.5, 0.6) is 0 Å². The molecule has 0 spiro atoms. The molecule has 0 aliphatic carbocycles. The van der Waals surface area contributed by atoms with Gasteiger partial charge < -0.3 is 10.0 Å². The summed E-state index contributed by atoms with van der Waals surface area (Å²) >= 11 is 7.03. The van der Waals surface area contributed by atoms with E-state index in [4.69, 9.17) is 11.6 Å². The number of benzene rings is 1. The monoisotopic (exact) mass is 324 g/mol. The second kappa shape index (κ2) is 6.24. The van der Waals surface area contributed by atoms with Gasteiger partial charge in [0.15, 0.2) is 0 Å². The average Bonchev–Trinajstić information content (AvgIpc) is 2.82. The molecule has 21 heavy (non-hydrogen) atoms. The highest BCUT2D eigenvalue weighted by molar-refractivity contribution is 7.11. The van der Waals surface area contributed by atoms with Crippen LogP contribution in [0.2, 0.25) is 5.02 Å². The fourth-order valence-corrected chi connectivity index (χ4v) is 2.94. The van der Waals surface area contributed by atoms with E-state index in [1.807, 2.05) is 0 Å². The van der Waals surface area contributed by atoms with Crippen molar-refractivity contribution in [2.75, 3.05) is 11.9 Å². The Hall–Kier alpha value is -1.92. The molecule has 1 aromatic heterocycles. The Bertz CT molecular complexity index is 699. The van der Waals surface area contributed by atoms with Crippen LogP contribution in [0, 0.1) is 6.92 Å². The topological polar surface area (TPSA) is 70.5 Å². The molecule has 0 aliphatic heterocycles. The SMILES string of the molecule is Cc1nsc(N(C)C(=O)Cc2ccccc2Cl)c1C(=O)O. The number of nitrogens with zero attached hydrogens (tertiary/aromatic N) is 2. The molecule has 0 saturated heterocycles. The average molecular weight is 325 g/mol. The first kappa shape index (κ1) is 15.5. The minimum Gasteiger partial charge on any atom is -0.478 e. The van der Waals surface area contributed by atoms with E-state index >= 15 is 0 Å². The van der Waals surface area contributed by atoms with Gasteiger partial charge in [-0.15, -0.1) is 0 Å². The molecule has 1 aromatic carbocycles. The Kier molecular flexibility index (Phi) is 4.59. The lowest BCUT2D eigenvalue weighted by Gasteiger charge is -2.16.